The van der Waals surface area contributed by atoms with Gasteiger partial charge in [-0.3, -0.25) is 4.79 Å². The van der Waals surface area contributed by atoms with E-state index in [9.17, 15) is 9.90 Å². The van der Waals surface area contributed by atoms with Gasteiger partial charge in [0.1, 0.15) is 0 Å². The van der Waals surface area contributed by atoms with E-state index in [1.54, 1.807) is 11.8 Å². The molecule has 3 heteroatoms. The summed E-state index contributed by atoms with van der Waals surface area (Å²) in [5, 5.41) is 9.22. The lowest BCUT2D eigenvalue weighted by atomic mass is 9.73. The van der Waals surface area contributed by atoms with Gasteiger partial charge in [-0.25, -0.2) is 0 Å². The Bertz CT molecular complexity index is 251. The first-order valence-corrected chi connectivity index (χ1v) is 6.75. The van der Waals surface area contributed by atoms with E-state index < -0.39 is 0 Å². The number of carbonyl (C=O) groups is 1. The fraction of sp³-hybridized carbons (Fsp3) is 0.929. The number of amides is 1. The summed E-state index contributed by atoms with van der Waals surface area (Å²) in [5.74, 6) is 0.475. The number of hydrogen-bond acceptors (Lipinski definition) is 2. The lowest BCUT2D eigenvalue weighted by molar-refractivity contribution is -0.136. The summed E-state index contributed by atoms with van der Waals surface area (Å²) in [4.78, 5) is 14.0. The van der Waals surface area contributed by atoms with Crippen LogP contribution in [0.2, 0.25) is 0 Å². The topological polar surface area (TPSA) is 40.5 Å². The highest BCUT2D eigenvalue weighted by Gasteiger charge is 2.31. The van der Waals surface area contributed by atoms with Crippen LogP contribution in [0.1, 0.15) is 52.9 Å². The molecule has 0 aliphatic heterocycles. The van der Waals surface area contributed by atoms with Gasteiger partial charge in [0.15, 0.2) is 0 Å². The Morgan fingerprint density at radius 2 is 1.94 bits per heavy atom. The van der Waals surface area contributed by atoms with Crippen LogP contribution < -0.4 is 0 Å². The molecule has 1 unspecified atom stereocenters. The fourth-order valence-corrected chi connectivity index (χ4v) is 2.45. The summed E-state index contributed by atoms with van der Waals surface area (Å²) in [7, 11) is 1.85. The molecule has 3 nitrogen and oxygen atoms in total. The Labute approximate surface area is 105 Å². The lowest BCUT2D eigenvalue weighted by Crippen LogP contribution is -2.37. The number of carbonyl (C=O) groups excluding carboxylic acids is 1. The van der Waals surface area contributed by atoms with Gasteiger partial charge in [0.25, 0.3) is 0 Å². The summed E-state index contributed by atoms with van der Waals surface area (Å²) in [6.45, 7) is 6.99. The van der Waals surface area contributed by atoms with Crippen LogP contribution >= 0.6 is 0 Å². The van der Waals surface area contributed by atoms with Crippen LogP contribution in [-0.2, 0) is 4.79 Å². The molecule has 0 spiro atoms. The molecule has 0 aromatic carbocycles. The molecule has 1 rings (SSSR count). The van der Waals surface area contributed by atoms with Crippen molar-refractivity contribution in [2.75, 3.05) is 13.6 Å². The van der Waals surface area contributed by atoms with E-state index in [-0.39, 0.29) is 17.9 Å². The molecule has 1 aliphatic carbocycles. The predicted molar refractivity (Wildman–Crippen MR) is 69.7 cm³/mol. The summed E-state index contributed by atoms with van der Waals surface area (Å²) in [5.41, 5.74) is 0.412. The standard InChI is InChI=1S/C14H27NO2/c1-11(16)7-10-15(4)13(17)12-5-8-14(2,3)9-6-12/h11-12,16H,5-10H2,1-4H3. The van der Waals surface area contributed by atoms with Crippen LogP contribution in [-0.4, -0.2) is 35.6 Å². The molecule has 1 N–H and O–H groups in total. The van der Waals surface area contributed by atoms with Gasteiger partial charge in [-0.2, -0.15) is 0 Å². The highest BCUT2D eigenvalue weighted by Crippen LogP contribution is 2.38. The number of aliphatic hydroxyl groups excluding tert-OH is 1. The third kappa shape index (κ3) is 4.66. The zero-order valence-electron chi connectivity index (χ0n) is 11.7. The molecule has 0 aromatic heterocycles. The molecule has 0 radical (unpaired) electrons. The van der Waals surface area contributed by atoms with E-state index in [1.807, 2.05) is 7.05 Å². The maximum absolute atomic E-state index is 12.2. The Morgan fingerprint density at radius 1 is 1.41 bits per heavy atom. The molecule has 0 aromatic rings. The van der Waals surface area contributed by atoms with Crippen molar-refractivity contribution in [3.8, 4) is 0 Å². The Kier molecular flexibility index (Phi) is 4.99. The quantitative estimate of drug-likeness (QED) is 0.821. The second-order valence-corrected chi connectivity index (χ2v) is 6.34. The van der Waals surface area contributed by atoms with Gasteiger partial charge in [-0.15, -0.1) is 0 Å². The Balaban J connectivity index is 2.38. The maximum Gasteiger partial charge on any atom is 0.225 e. The second kappa shape index (κ2) is 5.85. The van der Waals surface area contributed by atoms with Crippen LogP contribution in [0.25, 0.3) is 0 Å². The molecule has 100 valence electrons. The first-order chi connectivity index (χ1) is 7.82. The number of aliphatic hydroxyl groups is 1. The van der Waals surface area contributed by atoms with Gasteiger partial charge in [0, 0.05) is 19.5 Å². The first-order valence-electron chi connectivity index (χ1n) is 6.75. The van der Waals surface area contributed by atoms with Crippen molar-refractivity contribution < 1.29 is 9.90 Å². The summed E-state index contributed by atoms with van der Waals surface area (Å²) >= 11 is 0. The smallest absolute Gasteiger partial charge is 0.225 e. The van der Waals surface area contributed by atoms with Gasteiger partial charge < -0.3 is 10.0 Å². The van der Waals surface area contributed by atoms with Crippen LogP contribution in [0, 0.1) is 11.3 Å². The van der Waals surface area contributed by atoms with Crippen molar-refractivity contribution in [3.05, 3.63) is 0 Å². The Hall–Kier alpha value is -0.570. The molecule has 1 saturated carbocycles. The number of rotatable bonds is 4. The molecule has 17 heavy (non-hydrogen) atoms. The zero-order valence-corrected chi connectivity index (χ0v) is 11.7. The highest BCUT2D eigenvalue weighted by atomic mass is 16.3. The number of nitrogens with zero attached hydrogens (tertiary/aromatic N) is 1. The van der Waals surface area contributed by atoms with E-state index in [4.69, 9.17) is 0 Å². The highest BCUT2D eigenvalue weighted by molar-refractivity contribution is 5.78. The van der Waals surface area contributed by atoms with Crippen LogP contribution in [0.4, 0.5) is 0 Å². The average Bonchev–Trinajstić information content (AvgIpc) is 2.25. The molecule has 1 fully saturated rings. The van der Waals surface area contributed by atoms with E-state index in [2.05, 4.69) is 13.8 Å². The zero-order chi connectivity index (χ0) is 13.1. The molecule has 1 amide bonds. The van der Waals surface area contributed by atoms with Crippen molar-refractivity contribution in [2.45, 2.75) is 59.0 Å². The minimum Gasteiger partial charge on any atom is -0.393 e. The Morgan fingerprint density at radius 3 is 2.41 bits per heavy atom. The van der Waals surface area contributed by atoms with Gasteiger partial charge >= 0.3 is 0 Å². The molecule has 0 heterocycles. The summed E-state index contributed by atoms with van der Waals surface area (Å²) in [6, 6.07) is 0. The maximum atomic E-state index is 12.2. The van der Waals surface area contributed by atoms with Crippen LogP contribution in [0.5, 0.6) is 0 Å². The van der Waals surface area contributed by atoms with Crippen LogP contribution in [0.3, 0.4) is 0 Å². The average molecular weight is 241 g/mol. The summed E-state index contributed by atoms with van der Waals surface area (Å²) in [6.07, 6.45) is 4.67. The fourth-order valence-electron chi connectivity index (χ4n) is 2.45. The molecular weight excluding hydrogens is 214 g/mol. The lowest BCUT2D eigenvalue weighted by Gasteiger charge is -2.35. The van der Waals surface area contributed by atoms with Crippen molar-refractivity contribution >= 4 is 5.91 Å². The largest absolute Gasteiger partial charge is 0.393 e. The van der Waals surface area contributed by atoms with Gasteiger partial charge in [-0.1, -0.05) is 13.8 Å². The minimum absolute atomic E-state index is 0.210. The molecule has 0 saturated heterocycles. The third-order valence-corrected chi connectivity index (χ3v) is 3.95. The van der Waals surface area contributed by atoms with E-state index in [0.717, 1.165) is 25.7 Å². The van der Waals surface area contributed by atoms with Crippen molar-refractivity contribution in [1.82, 2.24) is 4.90 Å². The predicted octanol–water partition coefficient (Wildman–Crippen LogP) is 2.43. The number of hydrogen-bond donors (Lipinski definition) is 1. The first kappa shape index (κ1) is 14.5. The van der Waals surface area contributed by atoms with E-state index >= 15 is 0 Å². The van der Waals surface area contributed by atoms with Gasteiger partial charge in [0.05, 0.1) is 6.10 Å². The SMILES string of the molecule is CC(O)CCN(C)C(=O)C1CCC(C)(C)CC1. The van der Waals surface area contributed by atoms with E-state index in [0.29, 0.717) is 18.4 Å². The molecule has 1 atom stereocenters. The molecule has 1 aliphatic rings. The monoisotopic (exact) mass is 241 g/mol. The second-order valence-electron chi connectivity index (χ2n) is 6.34. The van der Waals surface area contributed by atoms with Crippen molar-refractivity contribution in [1.29, 1.82) is 0 Å². The van der Waals surface area contributed by atoms with Crippen LogP contribution in [0.15, 0.2) is 0 Å². The van der Waals surface area contributed by atoms with Crippen molar-refractivity contribution in [3.63, 3.8) is 0 Å². The minimum atomic E-state index is -0.324. The van der Waals surface area contributed by atoms with Gasteiger partial charge in [0.2, 0.25) is 5.91 Å². The normalized spacial score (nSPS) is 22.2. The molecular formula is C14H27NO2. The van der Waals surface area contributed by atoms with Crippen molar-refractivity contribution in [2.24, 2.45) is 11.3 Å². The van der Waals surface area contributed by atoms with E-state index in [1.165, 1.54) is 0 Å². The summed E-state index contributed by atoms with van der Waals surface area (Å²) < 4.78 is 0. The molecule has 0 bridgehead atoms. The van der Waals surface area contributed by atoms with Gasteiger partial charge in [-0.05, 0) is 44.4 Å². The third-order valence-electron chi connectivity index (χ3n) is 3.95.